The second kappa shape index (κ2) is 6.83. The molecule has 2 aliphatic rings. The Hall–Kier alpha value is -1.71. The van der Waals surface area contributed by atoms with E-state index in [4.69, 9.17) is 9.47 Å². The highest BCUT2D eigenvalue weighted by molar-refractivity contribution is 5.76. The van der Waals surface area contributed by atoms with Crippen molar-refractivity contribution >= 4 is 5.97 Å². The van der Waals surface area contributed by atoms with Crippen molar-refractivity contribution in [1.29, 1.82) is 0 Å². The van der Waals surface area contributed by atoms with Crippen LogP contribution in [0.1, 0.15) is 55.4 Å². The lowest BCUT2D eigenvalue weighted by Gasteiger charge is -2.17. The van der Waals surface area contributed by atoms with E-state index in [2.05, 4.69) is 53.4 Å². The van der Waals surface area contributed by atoms with Crippen LogP contribution in [-0.2, 0) is 14.3 Å². The number of carbonyl (C=O) groups excluding carboxylic acids is 1. The van der Waals surface area contributed by atoms with Crippen LogP contribution in [0.3, 0.4) is 0 Å². The maximum Gasteiger partial charge on any atom is 0.314 e. The summed E-state index contributed by atoms with van der Waals surface area (Å²) in [6.45, 7) is 16.1. The molecule has 120 valence electrons. The lowest BCUT2D eigenvalue weighted by Crippen LogP contribution is -2.08. The molecule has 0 aromatic carbocycles. The molecule has 0 amide bonds. The summed E-state index contributed by atoms with van der Waals surface area (Å²) in [6.07, 6.45) is 3.88. The highest BCUT2D eigenvalue weighted by Gasteiger charge is 2.25. The van der Waals surface area contributed by atoms with Gasteiger partial charge in [0.05, 0.1) is 12.7 Å². The van der Waals surface area contributed by atoms with Crippen LogP contribution in [0.25, 0.3) is 0 Å². The predicted octanol–water partition coefficient (Wildman–Crippen LogP) is 4.46. The Balaban J connectivity index is 0.000000364. The third-order valence-electron chi connectivity index (χ3n) is 2.97. The molecule has 21 heavy (non-hydrogen) atoms. The first-order chi connectivity index (χ1) is 9.00. The van der Waals surface area contributed by atoms with Gasteiger partial charge in [0.15, 0.2) is 5.88 Å². The Bertz CT molecular complexity index is 415. The van der Waals surface area contributed by atoms with Crippen molar-refractivity contribution in [2.45, 2.75) is 55.4 Å². The number of esters is 1. The molecule has 4 nitrogen and oxygen atoms in total. The van der Waals surface area contributed by atoms with E-state index in [1.807, 2.05) is 6.20 Å². The molecule has 0 saturated carbocycles. The molecule has 0 fully saturated rings. The van der Waals surface area contributed by atoms with Gasteiger partial charge in [-0.05, 0) is 17.6 Å². The van der Waals surface area contributed by atoms with Crippen molar-refractivity contribution in [1.82, 2.24) is 5.32 Å². The van der Waals surface area contributed by atoms with Gasteiger partial charge in [-0.25, -0.2) is 0 Å². The molecule has 0 aromatic rings. The molecule has 4 heteroatoms. The van der Waals surface area contributed by atoms with Crippen molar-refractivity contribution < 1.29 is 14.3 Å². The highest BCUT2D eigenvalue weighted by Crippen LogP contribution is 2.31. The van der Waals surface area contributed by atoms with E-state index in [-0.39, 0.29) is 24.2 Å². The van der Waals surface area contributed by atoms with Gasteiger partial charge in [-0.1, -0.05) is 49.0 Å². The van der Waals surface area contributed by atoms with E-state index in [0.29, 0.717) is 12.3 Å². The Morgan fingerprint density at radius 2 is 1.71 bits per heavy atom. The third kappa shape index (κ3) is 6.06. The molecule has 0 unspecified atom stereocenters. The van der Waals surface area contributed by atoms with E-state index in [1.165, 1.54) is 0 Å². The lowest BCUT2D eigenvalue weighted by molar-refractivity contribution is -0.135. The normalized spacial score (nSPS) is 17.4. The number of carbonyl (C=O) groups is 1. The monoisotopic (exact) mass is 295 g/mol. The number of allylic oxidation sites excluding steroid dienone is 1. The summed E-state index contributed by atoms with van der Waals surface area (Å²) in [5.41, 5.74) is 1.23. The number of hydrogen-bond donors (Lipinski definition) is 1. The maximum absolute atomic E-state index is 10.6. The van der Waals surface area contributed by atoms with E-state index in [0.717, 1.165) is 11.3 Å². The fourth-order valence-corrected chi connectivity index (χ4v) is 1.52. The quantitative estimate of drug-likeness (QED) is 0.670. The number of hydrogen-bond acceptors (Lipinski definition) is 4. The standard InChI is InChI=1S/C8H13NO.C8H12O2.CH4/c1-6-9-5-7(10-6)8(2,3)4;1-8(2,3)6-4-7(9)10-5-6;/h5,9H,1H2,2-4H3;5H,4H2,1-3H3;1H4. The van der Waals surface area contributed by atoms with Gasteiger partial charge in [-0.15, -0.1) is 0 Å². The van der Waals surface area contributed by atoms with E-state index in [1.54, 1.807) is 6.26 Å². The number of nitrogens with one attached hydrogen (secondary N) is 1. The predicted molar refractivity (Wildman–Crippen MR) is 85.9 cm³/mol. The maximum atomic E-state index is 10.6. The van der Waals surface area contributed by atoms with Crippen LogP contribution in [0, 0.1) is 10.8 Å². The van der Waals surface area contributed by atoms with Crippen LogP contribution >= 0.6 is 0 Å². The SMILES string of the molecule is C.C=C1NC=C(C(C)(C)C)O1.CC(C)(C)C1=COC(=O)C1. The molecule has 2 heterocycles. The zero-order valence-electron chi connectivity index (χ0n) is 13.3. The summed E-state index contributed by atoms with van der Waals surface area (Å²) in [4.78, 5) is 10.6. The van der Waals surface area contributed by atoms with Crippen LogP contribution < -0.4 is 5.32 Å². The summed E-state index contributed by atoms with van der Waals surface area (Å²) in [5, 5.41) is 2.90. The zero-order chi connectivity index (χ0) is 15.6. The third-order valence-corrected chi connectivity index (χ3v) is 2.97. The van der Waals surface area contributed by atoms with E-state index in [9.17, 15) is 4.79 Å². The molecular weight excluding hydrogens is 266 g/mol. The molecule has 0 bridgehead atoms. The molecule has 0 atom stereocenters. The fourth-order valence-electron chi connectivity index (χ4n) is 1.52. The molecule has 2 aliphatic heterocycles. The minimum atomic E-state index is -0.134. The van der Waals surface area contributed by atoms with E-state index >= 15 is 0 Å². The van der Waals surface area contributed by atoms with Crippen LogP contribution in [0.4, 0.5) is 0 Å². The van der Waals surface area contributed by atoms with Gasteiger partial charge in [0.25, 0.3) is 0 Å². The van der Waals surface area contributed by atoms with Crippen molar-refractivity contribution in [3.8, 4) is 0 Å². The summed E-state index contributed by atoms with van der Waals surface area (Å²) in [5.74, 6) is 1.42. The first-order valence-electron chi connectivity index (χ1n) is 6.73. The van der Waals surface area contributed by atoms with Crippen LogP contribution in [0.2, 0.25) is 0 Å². The minimum Gasteiger partial charge on any atom is -0.444 e. The molecule has 0 spiro atoms. The van der Waals surface area contributed by atoms with Crippen LogP contribution in [-0.4, -0.2) is 5.97 Å². The second-order valence-electron chi connectivity index (χ2n) is 6.99. The molecule has 0 aromatic heterocycles. The Morgan fingerprint density at radius 3 is 1.90 bits per heavy atom. The van der Waals surface area contributed by atoms with Crippen LogP contribution in [0.5, 0.6) is 0 Å². The summed E-state index contributed by atoms with van der Waals surface area (Å²) >= 11 is 0. The zero-order valence-corrected chi connectivity index (χ0v) is 13.3. The largest absolute Gasteiger partial charge is 0.444 e. The molecule has 2 rings (SSSR count). The molecular formula is C17H29NO3. The molecule has 1 N–H and O–H groups in total. The minimum absolute atomic E-state index is 0. The van der Waals surface area contributed by atoms with Gasteiger partial charge in [-0.3, -0.25) is 4.79 Å². The van der Waals surface area contributed by atoms with Crippen molar-refractivity contribution in [3.05, 3.63) is 36.3 Å². The van der Waals surface area contributed by atoms with Crippen molar-refractivity contribution in [3.63, 3.8) is 0 Å². The van der Waals surface area contributed by atoms with Gasteiger partial charge < -0.3 is 14.8 Å². The Kier molecular flexibility index (Phi) is 6.28. The summed E-state index contributed by atoms with van der Waals surface area (Å²) < 4.78 is 9.97. The smallest absolute Gasteiger partial charge is 0.314 e. The summed E-state index contributed by atoms with van der Waals surface area (Å²) in [7, 11) is 0. The van der Waals surface area contributed by atoms with Crippen molar-refractivity contribution in [2.24, 2.45) is 10.8 Å². The van der Waals surface area contributed by atoms with Gasteiger partial charge in [0, 0.05) is 11.6 Å². The number of ether oxygens (including phenoxy) is 2. The van der Waals surface area contributed by atoms with Gasteiger partial charge in [0.2, 0.25) is 0 Å². The fraction of sp³-hybridized carbons (Fsp3) is 0.588. The van der Waals surface area contributed by atoms with Crippen LogP contribution in [0.15, 0.2) is 36.3 Å². The average Bonchev–Trinajstić information content (AvgIpc) is 2.85. The Morgan fingerprint density at radius 1 is 1.14 bits per heavy atom. The van der Waals surface area contributed by atoms with Gasteiger partial charge >= 0.3 is 5.97 Å². The highest BCUT2D eigenvalue weighted by atomic mass is 16.5. The second-order valence-corrected chi connectivity index (χ2v) is 6.99. The molecule has 0 saturated heterocycles. The first kappa shape index (κ1) is 19.3. The molecule has 0 aliphatic carbocycles. The number of rotatable bonds is 0. The Labute approximate surface area is 128 Å². The average molecular weight is 295 g/mol. The van der Waals surface area contributed by atoms with Gasteiger partial charge in [-0.2, -0.15) is 0 Å². The lowest BCUT2D eigenvalue weighted by atomic mass is 9.86. The number of cyclic esters (lactones) is 1. The van der Waals surface area contributed by atoms with E-state index < -0.39 is 0 Å². The molecule has 0 radical (unpaired) electrons. The summed E-state index contributed by atoms with van der Waals surface area (Å²) in [6, 6.07) is 0. The first-order valence-corrected chi connectivity index (χ1v) is 6.73. The van der Waals surface area contributed by atoms with Gasteiger partial charge in [0.1, 0.15) is 5.76 Å². The van der Waals surface area contributed by atoms with Crippen molar-refractivity contribution in [2.75, 3.05) is 0 Å². The topological polar surface area (TPSA) is 47.6 Å².